The van der Waals surface area contributed by atoms with E-state index in [0.29, 0.717) is 5.65 Å². The van der Waals surface area contributed by atoms with Crippen LogP contribution >= 0.6 is 0 Å². The maximum Gasteiger partial charge on any atom is 0.281 e. The number of pyridine rings is 1. The SMILES string of the molecule is CCN1CCC(C(=O)Nc2cnc3ccccn3c2=O)C1. The molecule has 1 aliphatic rings. The fraction of sp³-hybridized carbons (Fsp3) is 0.400. The highest BCUT2D eigenvalue weighted by molar-refractivity contribution is 5.92. The zero-order chi connectivity index (χ0) is 14.8. The Labute approximate surface area is 122 Å². The third-order valence-corrected chi connectivity index (χ3v) is 3.96. The summed E-state index contributed by atoms with van der Waals surface area (Å²) >= 11 is 0. The smallest absolute Gasteiger partial charge is 0.281 e. The molecular formula is C15H18N4O2. The van der Waals surface area contributed by atoms with Gasteiger partial charge in [0, 0.05) is 12.7 Å². The van der Waals surface area contributed by atoms with Gasteiger partial charge in [-0.3, -0.25) is 14.0 Å². The number of carbonyl (C=O) groups excluding carboxylic acids is 1. The molecule has 0 aromatic carbocycles. The first-order chi connectivity index (χ1) is 10.2. The zero-order valence-corrected chi connectivity index (χ0v) is 12.0. The van der Waals surface area contributed by atoms with Crippen LogP contribution in [0, 0.1) is 5.92 Å². The summed E-state index contributed by atoms with van der Waals surface area (Å²) < 4.78 is 1.43. The summed E-state index contributed by atoms with van der Waals surface area (Å²) in [7, 11) is 0. The van der Waals surface area contributed by atoms with Crippen molar-refractivity contribution >= 4 is 17.2 Å². The average molecular weight is 286 g/mol. The van der Waals surface area contributed by atoms with E-state index in [-0.39, 0.29) is 23.1 Å². The number of aromatic nitrogens is 2. The maximum absolute atomic E-state index is 12.3. The van der Waals surface area contributed by atoms with Crippen molar-refractivity contribution in [1.29, 1.82) is 0 Å². The van der Waals surface area contributed by atoms with Crippen LogP contribution in [0.3, 0.4) is 0 Å². The first-order valence-electron chi connectivity index (χ1n) is 7.18. The van der Waals surface area contributed by atoms with Crippen molar-refractivity contribution in [3.8, 4) is 0 Å². The predicted octanol–water partition coefficient (Wildman–Crippen LogP) is 0.975. The molecule has 6 heteroatoms. The van der Waals surface area contributed by atoms with Gasteiger partial charge >= 0.3 is 0 Å². The highest BCUT2D eigenvalue weighted by atomic mass is 16.2. The predicted molar refractivity (Wildman–Crippen MR) is 80.3 cm³/mol. The van der Waals surface area contributed by atoms with E-state index >= 15 is 0 Å². The molecule has 1 saturated heterocycles. The van der Waals surface area contributed by atoms with Gasteiger partial charge in [0.25, 0.3) is 5.56 Å². The quantitative estimate of drug-likeness (QED) is 0.913. The molecule has 0 spiro atoms. The van der Waals surface area contributed by atoms with Crippen LogP contribution in [0.25, 0.3) is 5.65 Å². The minimum atomic E-state index is -0.251. The van der Waals surface area contributed by atoms with Gasteiger partial charge in [-0.15, -0.1) is 0 Å². The number of hydrogen-bond donors (Lipinski definition) is 1. The molecule has 1 atom stereocenters. The van der Waals surface area contributed by atoms with Crippen molar-refractivity contribution in [2.45, 2.75) is 13.3 Å². The monoisotopic (exact) mass is 286 g/mol. The largest absolute Gasteiger partial charge is 0.320 e. The number of rotatable bonds is 3. The average Bonchev–Trinajstić information content (AvgIpc) is 2.99. The molecule has 0 radical (unpaired) electrons. The number of carbonyl (C=O) groups is 1. The van der Waals surface area contributed by atoms with Crippen LogP contribution in [0.1, 0.15) is 13.3 Å². The molecule has 2 aromatic heterocycles. The first-order valence-corrected chi connectivity index (χ1v) is 7.18. The zero-order valence-electron chi connectivity index (χ0n) is 12.0. The van der Waals surface area contributed by atoms with Gasteiger partial charge in [0.15, 0.2) is 0 Å². The van der Waals surface area contributed by atoms with Crippen molar-refractivity contribution in [3.05, 3.63) is 40.9 Å². The van der Waals surface area contributed by atoms with E-state index in [0.717, 1.165) is 26.1 Å². The van der Waals surface area contributed by atoms with Gasteiger partial charge in [-0.2, -0.15) is 0 Å². The fourth-order valence-corrected chi connectivity index (χ4v) is 2.68. The van der Waals surface area contributed by atoms with E-state index < -0.39 is 0 Å². The van der Waals surface area contributed by atoms with Gasteiger partial charge in [0.2, 0.25) is 5.91 Å². The van der Waals surface area contributed by atoms with Crippen LogP contribution in [-0.2, 0) is 4.79 Å². The lowest BCUT2D eigenvalue weighted by Gasteiger charge is -2.13. The third kappa shape index (κ3) is 2.67. The summed E-state index contributed by atoms with van der Waals surface area (Å²) in [4.78, 5) is 31.0. The molecule has 0 bridgehead atoms. The van der Waals surface area contributed by atoms with Gasteiger partial charge in [0.1, 0.15) is 11.3 Å². The summed E-state index contributed by atoms with van der Waals surface area (Å²) in [5, 5.41) is 2.73. The van der Waals surface area contributed by atoms with E-state index in [9.17, 15) is 9.59 Å². The normalized spacial score (nSPS) is 19.0. The molecule has 3 heterocycles. The van der Waals surface area contributed by atoms with Crippen molar-refractivity contribution < 1.29 is 4.79 Å². The third-order valence-electron chi connectivity index (χ3n) is 3.96. The van der Waals surface area contributed by atoms with Crippen LogP contribution in [0.15, 0.2) is 35.4 Å². The Kier molecular flexibility index (Phi) is 3.70. The molecule has 1 unspecified atom stereocenters. The molecule has 1 amide bonds. The lowest BCUT2D eigenvalue weighted by atomic mass is 10.1. The molecular weight excluding hydrogens is 268 g/mol. The number of amides is 1. The number of nitrogens with zero attached hydrogens (tertiary/aromatic N) is 3. The Morgan fingerprint density at radius 2 is 2.33 bits per heavy atom. The Bertz CT molecular complexity index is 725. The molecule has 1 fully saturated rings. The fourth-order valence-electron chi connectivity index (χ4n) is 2.68. The molecule has 21 heavy (non-hydrogen) atoms. The van der Waals surface area contributed by atoms with Crippen LogP contribution in [-0.4, -0.2) is 39.8 Å². The topological polar surface area (TPSA) is 66.7 Å². The minimum Gasteiger partial charge on any atom is -0.320 e. The molecule has 2 aromatic rings. The van der Waals surface area contributed by atoms with Gasteiger partial charge in [-0.1, -0.05) is 13.0 Å². The standard InChI is InChI=1S/C15H18N4O2/c1-2-18-8-6-11(10-18)14(20)17-12-9-16-13-5-3-4-7-19(13)15(12)21/h3-5,7,9,11H,2,6,8,10H2,1H3,(H,17,20). The van der Waals surface area contributed by atoms with E-state index in [1.165, 1.54) is 10.6 Å². The van der Waals surface area contributed by atoms with E-state index in [2.05, 4.69) is 22.1 Å². The summed E-state index contributed by atoms with van der Waals surface area (Å²) in [6.07, 6.45) is 3.92. The molecule has 6 nitrogen and oxygen atoms in total. The lowest BCUT2D eigenvalue weighted by molar-refractivity contribution is -0.119. The number of nitrogens with one attached hydrogen (secondary N) is 1. The van der Waals surface area contributed by atoms with Crippen LogP contribution in [0.2, 0.25) is 0 Å². The molecule has 0 aliphatic carbocycles. The number of likely N-dealkylation sites (tertiary alicyclic amines) is 1. The summed E-state index contributed by atoms with van der Waals surface area (Å²) in [6.45, 7) is 4.72. The highest BCUT2D eigenvalue weighted by Gasteiger charge is 2.27. The summed E-state index contributed by atoms with van der Waals surface area (Å²) in [5.74, 6) is -0.151. The van der Waals surface area contributed by atoms with E-state index in [4.69, 9.17) is 0 Å². The molecule has 0 saturated carbocycles. The van der Waals surface area contributed by atoms with E-state index in [1.54, 1.807) is 18.3 Å². The molecule has 110 valence electrons. The first kappa shape index (κ1) is 13.8. The van der Waals surface area contributed by atoms with Crippen molar-refractivity contribution in [3.63, 3.8) is 0 Å². The second-order valence-corrected chi connectivity index (χ2v) is 5.27. The van der Waals surface area contributed by atoms with Crippen LogP contribution in [0.5, 0.6) is 0 Å². The van der Waals surface area contributed by atoms with Gasteiger partial charge < -0.3 is 10.2 Å². The Balaban J connectivity index is 1.81. The number of hydrogen-bond acceptors (Lipinski definition) is 4. The number of fused-ring (bicyclic) bond motifs is 1. The van der Waals surface area contributed by atoms with Crippen LogP contribution in [0.4, 0.5) is 5.69 Å². The van der Waals surface area contributed by atoms with Crippen molar-refractivity contribution in [2.75, 3.05) is 25.0 Å². The Morgan fingerprint density at radius 1 is 1.48 bits per heavy atom. The maximum atomic E-state index is 12.3. The summed E-state index contributed by atoms with van der Waals surface area (Å²) in [5.41, 5.74) is 0.552. The van der Waals surface area contributed by atoms with Crippen molar-refractivity contribution in [2.24, 2.45) is 5.92 Å². The molecule has 3 rings (SSSR count). The second kappa shape index (κ2) is 5.65. The summed E-state index contributed by atoms with van der Waals surface area (Å²) in [6, 6.07) is 5.33. The Hall–Kier alpha value is -2.21. The highest BCUT2D eigenvalue weighted by Crippen LogP contribution is 2.17. The number of anilines is 1. The van der Waals surface area contributed by atoms with Crippen molar-refractivity contribution in [1.82, 2.24) is 14.3 Å². The van der Waals surface area contributed by atoms with Gasteiger partial charge in [0.05, 0.1) is 12.1 Å². The van der Waals surface area contributed by atoms with E-state index in [1.807, 2.05) is 6.07 Å². The molecule has 1 aliphatic heterocycles. The van der Waals surface area contributed by atoms with Crippen LogP contribution < -0.4 is 10.9 Å². The van der Waals surface area contributed by atoms with Gasteiger partial charge in [-0.25, -0.2) is 4.98 Å². The molecule has 1 N–H and O–H groups in total. The minimum absolute atomic E-state index is 0.0548. The lowest BCUT2D eigenvalue weighted by Crippen LogP contribution is -2.30. The second-order valence-electron chi connectivity index (χ2n) is 5.27. The van der Waals surface area contributed by atoms with Gasteiger partial charge in [-0.05, 0) is 31.6 Å². The Morgan fingerprint density at radius 3 is 3.10 bits per heavy atom.